The highest BCUT2D eigenvalue weighted by molar-refractivity contribution is 6.31. The van der Waals surface area contributed by atoms with Crippen molar-refractivity contribution in [3.8, 4) is 11.4 Å². The molecule has 0 aliphatic heterocycles. The summed E-state index contributed by atoms with van der Waals surface area (Å²) in [6, 6.07) is 0.259. The van der Waals surface area contributed by atoms with Gasteiger partial charge < -0.3 is 9.47 Å². The standard InChI is InChI=1S/C24H18ClF8N3O5/c1-22(2,3)41-21(39)36-8-7-35(19(36)37)15-10-11(23(28,29)30)9-12(24(31,32)33)18(15)40-20(38)34(4)14-6-5-13(26)16(25)17(14)27/h5-10H,1-4H3/i4D3. The largest absolute Gasteiger partial charge is 0.443 e. The second-order valence-electron chi connectivity index (χ2n) is 9.07. The molecule has 3 aromatic rings. The molecule has 0 spiro atoms. The summed E-state index contributed by atoms with van der Waals surface area (Å²) in [4.78, 5) is 38.0. The van der Waals surface area contributed by atoms with Gasteiger partial charge in [-0.3, -0.25) is 9.47 Å². The summed E-state index contributed by atoms with van der Waals surface area (Å²) in [5.74, 6) is -5.11. The molecule has 3 rings (SSSR count). The van der Waals surface area contributed by atoms with E-state index < -0.39 is 98.7 Å². The fourth-order valence-corrected chi connectivity index (χ4v) is 3.36. The Bertz CT molecular complexity index is 1680. The first-order chi connectivity index (χ1) is 19.8. The van der Waals surface area contributed by atoms with Crippen LogP contribution in [0.1, 0.15) is 36.0 Å². The molecule has 2 aromatic carbocycles. The Labute approximate surface area is 234 Å². The lowest BCUT2D eigenvalue weighted by molar-refractivity contribution is -0.143. The Morgan fingerprint density at radius 2 is 1.63 bits per heavy atom. The zero-order valence-electron chi connectivity index (χ0n) is 23.7. The molecule has 0 saturated carbocycles. The number of halogens is 9. The maximum atomic E-state index is 14.7. The average molecular weight is 619 g/mol. The summed E-state index contributed by atoms with van der Waals surface area (Å²) in [6.45, 7) is 0.405. The first-order valence-electron chi connectivity index (χ1n) is 12.4. The van der Waals surface area contributed by atoms with E-state index in [-0.39, 0.29) is 15.2 Å². The number of alkyl halides is 6. The van der Waals surface area contributed by atoms with Crippen molar-refractivity contribution in [3.63, 3.8) is 0 Å². The number of amides is 1. The van der Waals surface area contributed by atoms with E-state index in [1.807, 2.05) is 0 Å². The summed E-state index contributed by atoms with van der Waals surface area (Å²) in [5.41, 5.74) is -9.85. The van der Waals surface area contributed by atoms with Gasteiger partial charge in [-0.25, -0.2) is 27.7 Å². The van der Waals surface area contributed by atoms with Crippen LogP contribution >= 0.6 is 11.6 Å². The minimum absolute atomic E-state index is 0.0479. The third-order valence-electron chi connectivity index (χ3n) is 4.96. The van der Waals surface area contributed by atoms with E-state index in [0.29, 0.717) is 24.5 Å². The van der Waals surface area contributed by atoms with Gasteiger partial charge in [0.15, 0.2) is 11.6 Å². The second-order valence-corrected chi connectivity index (χ2v) is 9.44. The molecule has 0 radical (unpaired) electrons. The van der Waals surface area contributed by atoms with E-state index in [9.17, 15) is 49.5 Å². The number of anilines is 1. The van der Waals surface area contributed by atoms with Crippen LogP contribution in [0.4, 0.5) is 50.4 Å². The van der Waals surface area contributed by atoms with Gasteiger partial charge >= 0.3 is 30.2 Å². The maximum Gasteiger partial charge on any atom is 0.422 e. The second kappa shape index (κ2) is 10.7. The molecule has 0 atom stereocenters. The molecule has 41 heavy (non-hydrogen) atoms. The van der Waals surface area contributed by atoms with Crippen LogP contribution in [0.15, 0.2) is 41.5 Å². The first kappa shape index (κ1) is 27.1. The van der Waals surface area contributed by atoms with Crippen LogP contribution in [0, 0.1) is 11.6 Å². The third kappa shape index (κ3) is 6.64. The Morgan fingerprint density at radius 3 is 2.17 bits per heavy atom. The number of rotatable bonds is 3. The number of benzene rings is 2. The lowest BCUT2D eigenvalue weighted by Crippen LogP contribution is -2.34. The average Bonchev–Trinajstić information content (AvgIpc) is 3.22. The van der Waals surface area contributed by atoms with Crippen molar-refractivity contribution in [1.29, 1.82) is 0 Å². The molecule has 0 aliphatic carbocycles. The topological polar surface area (TPSA) is 82.8 Å². The van der Waals surface area contributed by atoms with E-state index in [4.69, 9.17) is 20.5 Å². The van der Waals surface area contributed by atoms with Crippen LogP contribution in [0.2, 0.25) is 5.02 Å². The predicted molar refractivity (Wildman–Crippen MR) is 127 cm³/mol. The SMILES string of the molecule is [2H]C([2H])([2H])N(C(=O)Oc1c(-n2ccn(C(=O)OC(C)(C)C)c2=O)cc(C(F)(F)F)cc1C(F)(F)F)c1ccc(F)c(Cl)c1F. The van der Waals surface area contributed by atoms with Gasteiger partial charge in [0.2, 0.25) is 0 Å². The molecule has 1 amide bonds. The van der Waals surface area contributed by atoms with E-state index in [1.54, 1.807) is 0 Å². The van der Waals surface area contributed by atoms with Crippen LogP contribution in [-0.4, -0.2) is 33.9 Å². The number of hydrogen-bond donors (Lipinski definition) is 0. The molecule has 0 fully saturated rings. The Morgan fingerprint density at radius 1 is 1.00 bits per heavy atom. The molecule has 222 valence electrons. The van der Waals surface area contributed by atoms with Crippen LogP contribution in [0.5, 0.6) is 5.75 Å². The van der Waals surface area contributed by atoms with Crippen LogP contribution in [0.25, 0.3) is 5.69 Å². The monoisotopic (exact) mass is 618 g/mol. The highest BCUT2D eigenvalue weighted by Crippen LogP contribution is 2.44. The number of nitrogens with zero attached hydrogens (tertiary/aromatic N) is 3. The molecule has 0 N–H and O–H groups in total. The number of aromatic nitrogens is 2. The summed E-state index contributed by atoms with van der Waals surface area (Å²) >= 11 is 5.43. The van der Waals surface area contributed by atoms with Gasteiger partial charge in [-0.2, -0.15) is 26.3 Å². The summed E-state index contributed by atoms with van der Waals surface area (Å²) in [5, 5.41) is -1.31. The molecule has 8 nitrogen and oxygen atoms in total. The molecule has 17 heteroatoms. The van der Waals surface area contributed by atoms with Gasteiger partial charge in [-0.15, -0.1) is 0 Å². The number of ether oxygens (including phenoxy) is 2. The van der Waals surface area contributed by atoms with Gasteiger partial charge in [0.1, 0.15) is 22.0 Å². The summed E-state index contributed by atoms with van der Waals surface area (Å²) in [6.07, 6.45) is -13.8. The minimum atomic E-state index is -5.75. The third-order valence-corrected chi connectivity index (χ3v) is 5.30. The fourth-order valence-electron chi connectivity index (χ4n) is 3.20. The predicted octanol–water partition coefficient (Wildman–Crippen LogP) is 7.03. The van der Waals surface area contributed by atoms with Gasteiger partial charge in [0.05, 0.1) is 16.9 Å². The van der Waals surface area contributed by atoms with Crippen molar-refractivity contribution in [1.82, 2.24) is 9.13 Å². The van der Waals surface area contributed by atoms with Crippen molar-refractivity contribution in [2.75, 3.05) is 11.9 Å². The van der Waals surface area contributed by atoms with Crippen LogP contribution in [0.3, 0.4) is 0 Å². The zero-order valence-corrected chi connectivity index (χ0v) is 21.5. The van der Waals surface area contributed by atoms with Crippen LogP contribution < -0.4 is 15.3 Å². The Balaban J connectivity index is 2.34. The van der Waals surface area contributed by atoms with E-state index in [2.05, 4.69) is 4.74 Å². The number of hydrogen-bond acceptors (Lipinski definition) is 5. The van der Waals surface area contributed by atoms with Gasteiger partial charge in [0.25, 0.3) is 0 Å². The molecule has 1 heterocycles. The Hall–Kier alpha value is -4.08. The number of imidazole rings is 1. The highest BCUT2D eigenvalue weighted by Gasteiger charge is 2.42. The minimum Gasteiger partial charge on any atom is -0.443 e. The molecule has 0 unspecified atom stereocenters. The fraction of sp³-hybridized carbons (Fsp3) is 0.292. The quantitative estimate of drug-likeness (QED) is 0.233. The summed E-state index contributed by atoms with van der Waals surface area (Å²) in [7, 11) is 0. The number of carbonyl (C=O) groups is 2. The molecule has 0 bridgehead atoms. The highest BCUT2D eigenvalue weighted by atomic mass is 35.5. The number of carbonyl (C=O) groups excluding carboxylic acids is 2. The lowest BCUT2D eigenvalue weighted by atomic mass is 10.1. The molecule has 0 aliphatic rings. The zero-order chi connectivity index (χ0) is 33.7. The molecular formula is C24H18ClF8N3O5. The first-order valence-corrected chi connectivity index (χ1v) is 11.2. The van der Waals surface area contributed by atoms with Gasteiger partial charge in [0, 0.05) is 23.5 Å². The van der Waals surface area contributed by atoms with Crippen LogP contribution in [-0.2, 0) is 17.1 Å². The molecular weight excluding hydrogens is 598 g/mol. The van der Waals surface area contributed by atoms with Crippen molar-refractivity contribution in [3.05, 3.63) is 74.9 Å². The van der Waals surface area contributed by atoms with Crippen molar-refractivity contribution in [2.24, 2.45) is 0 Å². The smallest absolute Gasteiger partial charge is 0.422 e. The summed E-state index contributed by atoms with van der Waals surface area (Å²) < 4.78 is 144. The van der Waals surface area contributed by atoms with Gasteiger partial charge in [-0.1, -0.05) is 11.6 Å². The van der Waals surface area contributed by atoms with E-state index >= 15 is 0 Å². The molecule has 0 saturated heterocycles. The lowest BCUT2D eigenvalue weighted by Gasteiger charge is -2.23. The Kier molecular flexibility index (Phi) is 7.09. The van der Waals surface area contributed by atoms with Crippen molar-refractivity contribution < 1.29 is 58.3 Å². The van der Waals surface area contributed by atoms with Crippen molar-refractivity contribution >= 4 is 29.5 Å². The normalized spacial score (nSPS) is 13.7. The van der Waals surface area contributed by atoms with Gasteiger partial charge in [-0.05, 0) is 45.0 Å². The van der Waals surface area contributed by atoms with E-state index in [0.717, 1.165) is 0 Å². The maximum absolute atomic E-state index is 14.7. The van der Waals surface area contributed by atoms with E-state index in [1.165, 1.54) is 20.8 Å². The van der Waals surface area contributed by atoms with Crippen molar-refractivity contribution in [2.45, 2.75) is 38.7 Å². The molecule has 1 aromatic heterocycles.